The van der Waals surface area contributed by atoms with E-state index in [2.05, 4.69) is 11.6 Å². The van der Waals surface area contributed by atoms with Crippen molar-refractivity contribution in [3.05, 3.63) is 28.2 Å². The molecular weight excluding hydrogens is 329 g/mol. The Hall–Kier alpha value is -0.130. The first-order valence-electron chi connectivity index (χ1n) is 7.07. The molecular formula is C15H21Cl2NO2S. The second-order valence-electron chi connectivity index (χ2n) is 5.39. The molecule has 1 fully saturated rings. The zero-order chi connectivity index (χ0) is 15.3. The zero-order valence-electron chi connectivity index (χ0n) is 12.1. The van der Waals surface area contributed by atoms with Gasteiger partial charge >= 0.3 is 0 Å². The Labute approximate surface area is 140 Å². The first-order chi connectivity index (χ1) is 10.1. The lowest BCUT2D eigenvalue weighted by Gasteiger charge is -2.40. The molecule has 21 heavy (non-hydrogen) atoms. The van der Waals surface area contributed by atoms with Crippen molar-refractivity contribution >= 4 is 35.0 Å². The number of aliphatic hydroxyl groups excluding tert-OH is 1. The average molecular weight is 350 g/mol. The minimum Gasteiger partial charge on any atom is -0.488 e. The van der Waals surface area contributed by atoms with E-state index < -0.39 is 6.10 Å². The third-order valence-electron chi connectivity index (χ3n) is 3.86. The predicted octanol–water partition coefficient (Wildman–Crippen LogP) is 3.61. The molecule has 2 N–H and O–H groups in total. The van der Waals surface area contributed by atoms with Gasteiger partial charge in [0.25, 0.3) is 0 Å². The minimum absolute atomic E-state index is 0.169. The highest BCUT2D eigenvalue weighted by Crippen LogP contribution is 2.42. The van der Waals surface area contributed by atoms with Gasteiger partial charge in [-0.15, -0.1) is 0 Å². The number of ether oxygens (including phenoxy) is 1. The molecule has 1 aliphatic rings. The maximum atomic E-state index is 9.97. The number of thioether (sulfide) groups is 1. The van der Waals surface area contributed by atoms with E-state index in [0.29, 0.717) is 27.1 Å². The van der Waals surface area contributed by atoms with Crippen LogP contribution in [0.3, 0.4) is 0 Å². The fourth-order valence-corrected chi connectivity index (χ4v) is 3.80. The van der Waals surface area contributed by atoms with E-state index in [-0.39, 0.29) is 6.61 Å². The van der Waals surface area contributed by atoms with Gasteiger partial charge in [0, 0.05) is 17.8 Å². The van der Waals surface area contributed by atoms with E-state index in [0.717, 1.165) is 6.54 Å². The van der Waals surface area contributed by atoms with Gasteiger partial charge in [-0.05, 0) is 31.2 Å². The summed E-state index contributed by atoms with van der Waals surface area (Å²) in [6.07, 6.45) is 5.38. The van der Waals surface area contributed by atoms with Crippen LogP contribution in [-0.4, -0.2) is 41.9 Å². The molecule has 0 aromatic heterocycles. The van der Waals surface area contributed by atoms with Gasteiger partial charge in [-0.25, -0.2) is 0 Å². The number of halogens is 2. The quantitative estimate of drug-likeness (QED) is 0.752. The van der Waals surface area contributed by atoms with E-state index in [1.165, 1.54) is 19.3 Å². The van der Waals surface area contributed by atoms with Gasteiger partial charge in [0.05, 0.1) is 10.0 Å². The second kappa shape index (κ2) is 7.93. The second-order valence-corrected chi connectivity index (χ2v) is 7.48. The summed E-state index contributed by atoms with van der Waals surface area (Å²) >= 11 is 13.9. The lowest BCUT2D eigenvalue weighted by molar-refractivity contribution is 0.105. The Kier molecular flexibility index (Phi) is 6.51. The minimum atomic E-state index is -0.587. The lowest BCUT2D eigenvalue weighted by atomic mass is 9.84. The largest absolute Gasteiger partial charge is 0.488 e. The van der Waals surface area contributed by atoms with Gasteiger partial charge in [0.2, 0.25) is 0 Å². The fourth-order valence-electron chi connectivity index (χ4n) is 2.35. The van der Waals surface area contributed by atoms with Crippen LogP contribution in [0.2, 0.25) is 10.0 Å². The van der Waals surface area contributed by atoms with Gasteiger partial charge in [-0.2, -0.15) is 11.8 Å². The normalized spacial score (nSPS) is 18.1. The van der Waals surface area contributed by atoms with E-state index in [4.69, 9.17) is 27.9 Å². The molecule has 118 valence electrons. The monoisotopic (exact) mass is 349 g/mol. The molecule has 1 aromatic carbocycles. The maximum Gasteiger partial charge on any atom is 0.156 e. The molecule has 6 heteroatoms. The molecule has 0 amide bonds. The van der Waals surface area contributed by atoms with Gasteiger partial charge in [-0.3, -0.25) is 0 Å². The highest BCUT2D eigenvalue weighted by molar-refractivity contribution is 8.00. The predicted molar refractivity (Wildman–Crippen MR) is 90.9 cm³/mol. The molecule has 3 nitrogen and oxygen atoms in total. The van der Waals surface area contributed by atoms with Gasteiger partial charge in [-0.1, -0.05) is 35.7 Å². The SMILES string of the molecule is CSC1(CNCC(O)COc2c(Cl)cccc2Cl)CCC1. The van der Waals surface area contributed by atoms with Crippen LogP contribution >= 0.6 is 35.0 Å². The Balaban J connectivity index is 1.71. The van der Waals surface area contributed by atoms with Gasteiger partial charge in [0.1, 0.15) is 12.7 Å². The molecule has 0 saturated heterocycles. The van der Waals surface area contributed by atoms with E-state index in [9.17, 15) is 5.11 Å². The van der Waals surface area contributed by atoms with Crippen molar-refractivity contribution in [3.63, 3.8) is 0 Å². The molecule has 1 aromatic rings. The Morgan fingerprint density at radius 2 is 2.05 bits per heavy atom. The molecule has 2 rings (SSSR count). The lowest BCUT2D eigenvalue weighted by Crippen LogP contribution is -2.45. The first-order valence-corrected chi connectivity index (χ1v) is 9.05. The van der Waals surface area contributed by atoms with E-state index in [1.807, 2.05) is 11.8 Å². The number of benzene rings is 1. The van der Waals surface area contributed by atoms with Crippen LogP contribution in [0.1, 0.15) is 19.3 Å². The van der Waals surface area contributed by atoms with E-state index >= 15 is 0 Å². The van der Waals surface area contributed by atoms with Crippen molar-refractivity contribution in [2.75, 3.05) is 26.0 Å². The molecule has 1 saturated carbocycles. The van der Waals surface area contributed by atoms with Crippen molar-refractivity contribution in [1.82, 2.24) is 5.32 Å². The summed E-state index contributed by atoms with van der Waals surface area (Å²) in [5.41, 5.74) is 0. The average Bonchev–Trinajstić information content (AvgIpc) is 2.41. The van der Waals surface area contributed by atoms with Crippen LogP contribution in [0, 0.1) is 0 Å². The number of aliphatic hydroxyl groups is 1. The Morgan fingerprint density at radius 1 is 1.38 bits per heavy atom. The standard InChI is InChI=1S/C15H21Cl2NO2S/c1-21-15(6-3-7-15)10-18-8-11(19)9-20-14-12(16)4-2-5-13(14)17/h2,4-5,11,18-19H,3,6-10H2,1H3. The summed E-state index contributed by atoms with van der Waals surface area (Å²) in [6.45, 7) is 1.60. The summed E-state index contributed by atoms with van der Waals surface area (Å²) in [7, 11) is 0. The summed E-state index contributed by atoms with van der Waals surface area (Å²) in [5.74, 6) is 0.430. The van der Waals surface area contributed by atoms with Crippen LogP contribution in [0.5, 0.6) is 5.75 Å². The number of hydrogen-bond donors (Lipinski definition) is 2. The summed E-state index contributed by atoms with van der Waals surface area (Å²) < 4.78 is 5.89. The third-order valence-corrected chi connectivity index (χ3v) is 5.88. The van der Waals surface area contributed by atoms with Crippen LogP contribution < -0.4 is 10.1 Å². The van der Waals surface area contributed by atoms with Crippen molar-refractivity contribution in [2.45, 2.75) is 30.1 Å². The molecule has 0 aliphatic heterocycles. The Morgan fingerprint density at radius 3 is 2.57 bits per heavy atom. The first kappa shape index (κ1) is 17.2. The number of hydrogen-bond acceptors (Lipinski definition) is 4. The fraction of sp³-hybridized carbons (Fsp3) is 0.600. The summed E-state index contributed by atoms with van der Waals surface area (Å²) in [6, 6.07) is 5.19. The molecule has 0 spiro atoms. The van der Waals surface area contributed by atoms with Crippen LogP contribution in [0.15, 0.2) is 18.2 Å². The molecule has 0 bridgehead atoms. The van der Waals surface area contributed by atoms with E-state index in [1.54, 1.807) is 18.2 Å². The molecule has 1 unspecified atom stereocenters. The number of nitrogens with one attached hydrogen (secondary N) is 1. The van der Waals surface area contributed by atoms with Crippen molar-refractivity contribution in [1.29, 1.82) is 0 Å². The summed E-state index contributed by atoms with van der Waals surface area (Å²) in [4.78, 5) is 0. The van der Waals surface area contributed by atoms with Gasteiger partial charge in [0.15, 0.2) is 5.75 Å². The van der Waals surface area contributed by atoms with Gasteiger partial charge < -0.3 is 15.2 Å². The highest BCUT2D eigenvalue weighted by atomic mass is 35.5. The third kappa shape index (κ3) is 4.67. The highest BCUT2D eigenvalue weighted by Gasteiger charge is 2.35. The smallest absolute Gasteiger partial charge is 0.156 e. The topological polar surface area (TPSA) is 41.5 Å². The molecule has 1 aliphatic carbocycles. The molecule has 0 heterocycles. The zero-order valence-corrected chi connectivity index (χ0v) is 14.4. The number of para-hydroxylation sites is 1. The number of rotatable bonds is 8. The maximum absolute atomic E-state index is 9.97. The van der Waals surface area contributed by atoms with Crippen molar-refractivity contribution in [3.8, 4) is 5.75 Å². The van der Waals surface area contributed by atoms with Crippen LogP contribution in [0.25, 0.3) is 0 Å². The molecule has 1 atom stereocenters. The molecule has 0 radical (unpaired) electrons. The van der Waals surface area contributed by atoms with Crippen molar-refractivity contribution < 1.29 is 9.84 Å². The summed E-state index contributed by atoms with van der Waals surface area (Å²) in [5, 5.41) is 14.2. The van der Waals surface area contributed by atoms with Crippen LogP contribution in [0.4, 0.5) is 0 Å². The van der Waals surface area contributed by atoms with Crippen molar-refractivity contribution in [2.24, 2.45) is 0 Å². The van der Waals surface area contributed by atoms with Crippen LogP contribution in [-0.2, 0) is 0 Å². The Bertz CT molecular complexity index is 443.